The summed E-state index contributed by atoms with van der Waals surface area (Å²) in [6.45, 7) is 8.09. The molecular weight excluding hydrogens is 244 g/mol. The van der Waals surface area contributed by atoms with E-state index in [0.717, 1.165) is 12.5 Å². The standard InChI is InChI=1S/C18H30N2/c1-5-13-20(17-11-12-17)14(3)18(19-4)16-9-7-15(6-2)8-10-16/h7-10,14,17-19H,5-6,11-13H2,1-4H3. The predicted molar refractivity (Wildman–Crippen MR) is 87.1 cm³/mol. The van der Waals surface area contributed by atoms with E-state index in [-0.39, 0.29) is 0 Å². The molecule has 0 saturated heterocycles. The maximum atomic E-state index is 3.54. The summed E-state index contributed by atoms with van der Waals surface area (Å²) in [6.07, 6.45) is 5.13. The van der Waals surface area contributed by atoms with Gasteiger partial charge in [-0.1, -0.05) is 38.1 Å². The van der Waals surface area contributed by atoms with Crippen LogP contribution in [0, 0.1) is 0 Å². The number of rotatable bonds is 8. The molecule has 1 fully saturated rings. The van der Waals surface area contributed by atoms with Crippen LogP contribution in [0.3, 0.4) is 0 Å². The Morgan fingerprint density at radius 1 is 1.20 bits per heavy atom. The van der Waals surface area contributed by atoms with Crippen LogP contribution in [-0.2, 0) is 6.42 Å². The molecule has 2 nitrogen and oxygen atoms in total. The van der Waals surface area contributed by atoms with E-state index >= 15 is 0 Å². The Morgan fingerprint density at radius 3 is 2.30 bits per heavy atom. The van der Waals surface area contributed by atoms with Crippen molar-refractivity contribution in [2.75, 3.05) is 13.6 Å². The molecule has 1 aliphatic rings. The smallest absolute Gasteiger partial charge is 0.0473 e. The van der Waals surface area contributed by atoms with Crippen molar-refractivity contribution in [3.8, 4) is 0 Å². The molecule has 1 N–H and O–H groups in total. The highest BCUT2D eigenvalue weighted by atomic mass is 15.2. The number of aryl methyl sites for hydroxylation is 1. The molecule has 112 valence electrons. The Labute approximate surface area is 124 Å². The Bertz CT molecular complexity index is 394. The Balaban J connectivity index is 2.12. The van der Waals surface area contributed by atoms with Crippen molar-refractivity contribution in [3.05, 3.63) is 35.4 Å². The molecule has 2 atom stereocenters. The second kappa shape index (κ2) is 7.24. The van der Waals surface area contributed by atoms with Gasteiger partial charge in [0, 0.05) is 18.1 Å². The quantitative estimate of drug-likeness (QED) is 0.776. The lowest BCUT2D eigenvalue weighted by Gasteiger charge is -2.35. The number of likely N-dealkylation sites (N-methyl/N-ethyl adjacent to an activating group) is 1. The zero-order valence-electron chi connectivity index (χ0n) is 13.5. The minimum absolute atomic E-state index is 0.424. The highest BCUT2D eigenvalue weighted by molar-refractivity contribution is 5.26. The summed E-state index contributed by atoms with van der Waals surface area (Å²) in [5.74, 6) is 0. The van der Waals surface area contributed by atoms with Crippen molar-refractivity contribution in [1.82, 2.24) is 10.2 Å². The average Bonchev–Trinajstić information content (AvgIpc) is 3.30. The Hall–Kier alpha value is -0.860. The molecule has 1 aliphatic carbocycles. The summed E-state index contributed by atoms with van der Waals surface area (Å²) in [6, 6.07) is 11.0. The molecule has 0 radical (unpaired) electrons. The third kappa shape index (κ3) is 3.62. The summed E-state index contributed by atoms with van der Waals surface area (Å²) >= 11 is 0. The molecule has 2 heteroatoms. The zero-order chi connectivity index (χ0) is 14.5. The van der Waals surface area contributed by atoms with E-state index in [4.69, 9.17) is 0 Å². The Kier molecular flexibility index (Phi) is 5.62. The van der Waals surface area contributed by atoms with Crippen LogP contribution >= 0.6 is 0 Å². The minimum atomic E-state index is 0.424. The summed E-state index contributed by atoms with van der Waals surface area (Å²) in [4.78, 5) is 2.70. The Morgan fingerprint density at radius 2 is 1.85 bits per heavy atom. The fraction of sp³-hybridized carbons (Fsp3) is 0.667. The molecule has 0 amide bonds. The van der Waals surface area contributed by atoms with Gasteiger partial charge in [0.05, 0.1) is 0 Å². The van der Waals surface area contributed by atoms with Crippen molar-refractivity contribution >= 4 is 0 Å². The van der Waals surface area contributed by atoms with Crippen LogP contribution in [0.1, 0.15) is 57.2 Å². The van der Waals surface area contributed by atoms with Gasteiger partial charge in [-0.05, 0) is 57.3 Å². The van der Waals surface area contributed by atoms with Crippen LogP contribution in [0.2, 0.25) is 0 Å². The molecule has 0 spiro atoms. The van der Waals surface area contributed by atoms with Gasteiger partial charge in [-0.15, -0.1) is 0 Å². The molecule has 1 aromatic carbocycles. The second-order valence-corrected chi connectivity index (χ2v) is 6.07. The highest BCUT2D eigenvalue weighted by Crippen LogP contribution is 2.32. The van der Waals surface area contributed by atoms with Crippen molar-refractivity contribution in [2.24, 2.45) is 0 Å². The van der Waals surface area contributed by atoms with Crippen LogP contribution in [-0.4, -0.2) is 30.6 Å². The number of benzene rings is 1. The van der Waals surface area contributed by atoms with Crippen molar-refractivity contribution < 1.29 is 0 Å². The van der Waals surface area contributed by atoms with Gasteiger partial charge in [-0.3, -0.25) is 4.90 Å². The second-order valence-electron chi connectivity index (χ2n) is 6.07. The van der Waals surface area contributed by atoms with Gasteiger partial charge in [-0.25, -0.2) is 0 Å². The lowest BCUT2D eigenvalue weighted by atomic mass is 9.97. The predicted octanol–water partition coefficient (Wildman–Crippen LogP) is 3.77. The third-order valence-corrected chi connectivity index (χ3v) is 4.56. The van der Waals surface area contributed by atoms with Crippen LogP contribution in [0.15, 0.2) is 24.3 Å². The first kappa shape index (κ1) is 15.5. The number of hydrogen-bond donors (Lipinski definition) is 1. The molecule has 0 aliphatic heterocycles. The van der Waals surface area contributed by atoms with Crippen LogP contribution in [0.4, 0.5) is 0 Å². The molecule has 0 heterocycles. The van der Waals surface area contributed by atoms with Crippen LogP contribution < -0.4 is 5.32 Å². The molecule has 20 heavy (non-hydrogen) atoms. The number of hydrogen-bond acceptors (Lipinski definition) is 2. The fourth-order valence-electron chi connectivity index (χ4n) is 3.22. The first-order valence-electron chi connectivity index (χ1n) is 8.23. The summed E-state index contributed by atoms with van der Waals surface area (Å²) < 4.78 is 0. The normalized spacial score (nSPS) is 18.2. The van der Waals surface area contributed by atoms with Gasteiger partial charge >= 0.3 is 0 Å². The van der Waals surface area contributed by atoms with Crippen molar-refractivity contribution in [2.45, 2.75) is 64.6 Å². The molecule has 1 aromatic rings. The van der Waals surface area contributed by atoms with Crippen molar-refractivity contribution in [1.29, 1.82) is 0 Å². The van der Waals surface area contributed by atoms with E-state index in [2.05, 4.69) is 62.3 Å². The molecule has 0 bridgehead atoms. The van der Waals surface area contributed by atoms with Gasteiger partial charge in [0.2, 0.25) is 0 Å². The van der Waals surface area contributed by atoms with Gasteiger partial charge in [0.1, 0.15) is 0 Å². The zero-order valence-corrected chi connectivity index (χ0v) is 13.5. The monoisotopic (exact) mass is 274 g/mol. The van der Waals surface area contributed by atoms with E-state index in [9.17, 15) is 0 Å². The fourth-order valence-corrected chi connectivity index (χ4v) is 3.22. The van der Waals surface area contributed by atoms with E-state index in [1.54, 1.807) is 0 Å². The summed E-state index contributed by atoms with van der Waals surface area (Å²) in [5.41, 5.74) is 2.84. The largest absolute Gasteiger partial charge is 0.312 e. The number of nitrogens with zero attached hydrogens (tertiary/aromatic N) is 1. The lowest BCUT2D eigenvalue weighted by molar-refractivity contribution is 0.163. The maximum Gasteiger partial charge on any atom is 0.0473 e. The SMILES string of the molecule is CCCN(C1CC1)C(C)C(NC)c1ccc(CC)cc1. The average molecular weight is 274 g/mol. The summed E-state index contributed by atoms with van der Waals surface area (Å²) in [7, 11) is 2.09. The summed E-state index contributed by atoms with van der Waals surface area (Å²) in [5, 5.41) is 3.54. The third-order valence-electron chi connectivity index (χ3n) is 4.56. The molecule has 2 unspecified atom stereocenters. The molecule has 0 aromatic heterocycles. The first-order chi connectivity index (χ1) is 9.71. The molecule has 2 rings (SSSR count). The first-order valence-corrected chi connectivity index (χ1v) is 8.23. The lowest BCUT2D eigenvalue weighted by Crippen LogP contribution is -2.43. The maximum absolute atomic E-state index is 3.54. The van der Waals surface area contributed by atoms with Gasteiger partial charge in [0.15, 0.2) is 0 Å². The molecule has 1 saturated carbocycles. The topological polar surface area (TPSA) is 15.3 Å². The van der Waals surface area contributed by atoms with E-state index in [1.807, 2.05) is 0 Å². The van der Waals surface area contributed by atoms with E-state index in [0.29, 0.717) is 12.1 Å². The van der Waals surface area contributed by atoms with Gasteiger partial charge < -0.3 is 5.32 Å². The van der Waals surface area contributed by atoms with Crippen LogP contribution in [0.25, 0.3) is 0 Å². The van der Waals surface area contributed by atoms with Crippen molar-refractivity contribution in [3.63, 3.8) is 0 Å². The van der Waals surface area contributed by atoms with E-state index < -0.39 is 0 Å². The van der Waals surface area contributed by atoms with Crippen LogP contribution in [0.5, 0.6) is 0 Å². The van der Waals surface area contributed by atoms with E-state index in [1.165, 1.54) is 36.9 Å². The molecular formula is C18H30N2. The minimum Gasteiger partial charge on any atom is -0.312 e. The van der Waals surface area contributed by atoms with Gasteiger partial charge in [0.25, 0.3) is 0 Å². The van der Waals surface area contributed by atoms with Gasteiger partial charge in [-0.2, -0.15) is 0 Å². The number of nitrogens with one attached hydrogen (secondary N) is 1. The highest BCUT2D eigenvalue weighted by Gasteiger charge is 2.34.